The molecule has 2 N–H and O–H groups in total. The lowest BCUT2D eigenvalue weighted by Crippen LogP contribution is -2.15. The van der Waals surface area contributed by atoms with Gasteiger partial charge in [0.25, 0.3) is 15.9 Å². The molecule has 0 aliphatic carbocycles. The Labute approximate surface area is 194 Å². The van der Waals surface area contributed by atoms with Crippen LogP contribution in [0.1, 0.15) is 35.3 Å². The van der Waals surface area contributed by atoms with Gasteiger partial charge in [0, 0.05) is 11.3 Å². The van der Waals surface area contributed by atoms with Crippen molar-refractivity contribution >= 4 is 27.3 Å². The van der Waals surface area contributed by atoms with Crippen LogP contribution in [0.4, 0.5) is 11.4 Å². The molecule has 0 unspecified atom stereocenters. The molecule has 0 saturated heterocycles. The zero-order valence-corrected chi connectivity index (χ0v) is 20.0. The zero-order valence-electron chi connectivity index (χ0n) is 19.1. The summed E-state index contributed by atoms with van der Waals surface area (Å²) in [5, 5.41) is 2.78. The summed E-state index contributed by atoms with van der Waals surface area (Å²) in [5.74, 6) is 0.719. The number of hydrogen-bond donors (Lipinski definition) is 2. The van der Waals surface area contributed by atoms with Crippen molar-refractivity contribution in [3.05, 3.63) is 77.4 Å². The molecule has 0 radical (unpaired) electrons. The molecule has 0 bridgehead atoms. The predicted molar refractivity (Wildman–Crippen MR) is 130 cm³/mol. The molecule has 3 aromatic carbocycles. The first-order valence-corrected chi connectivity index (χ1v) is 12.1. The molecule has 0 aliphatic rings. The number of nitrogens with one attached hydrogen (secondary N) is 2. The summed E-state index contributed by atoms with van der Waals surface area (Å²) in [4.78, 5) is 12.8. The van der Waals surface area contributed by atoms with Crippen LogP contribution < -0.4 is 19.5 Å². The maximum atomic E-state index is 12.8. The van der Waals surface area contributed by atoms with Crippen LogP contribution in [0.3, 0.4) is 0 Å². The molecule has 8 heteroatoms. The average Bonchev–Trinajstić information content (AvgIpc) is 2.78. The van der Waals surface area contributed by atoms with E-state index in [9.17, 15) is 13.2 Å². The highest BCUT2D eigenvalue weighted by Crippen LogP contribution is 2.29. The van der Waals surface area contributed by atoms with Crippen molar-refractivity contribution < 1.29 is 22.7 Å². The minimum Gasteiger partial charge on any atom is -0.490 e. The number of rotatable bonds is 9. The Balaban J connectivity index is 1.75. The van der Waals surface area contributed by atoms with Gasteiger partial charge >= 0.3 is 0 Å². The first kappa shape index (κ1) is 24.1. The maximum absolute atomic E-state index is 12.8. The summed E-state index contributed by atoms with van der Waals surface area (Å²) < 4.78 is 39.4. The summed E-state index contributed by atoms with van der Waals surface area (Å²) in [7, 11) is -3.77. The van der Waals surface area contributed by atoms with Crippen molar-refractivity contribution in [3.8, 4) is 11.5 Å². The van der Waals surface area contributed by atoms with E-state index in [4.69, 9.17) is 9.47 Å². The third-order valence-corrected chi connectivity index (χ3v) is 6.31. The van der Waals surface area contributed by atoms with Crippen LogP contribution in [-0.4, -0.2) is 27.5 Å². The van der Waals surface area contributed by atoms with Crippen LogP contribution in [0.2, 0.25) is 0 Å². The number of carbonyl (C=O) groups excluding carboxylic acids is 1. The van der Waals surface area contributed by atoms with E-state index in [-0.39, 0.29) is 10.8 Å². The van der Waals surface area contributed by atoms with Gasteiger partial charge in [-0.2, -0.15) is 0 Å². The van der Waals surface area contributed by atoms with Gasteiger partial charge in [0.1, 0.15) is 0 Å². The van der Waals surface area contributed by atoms with Crippen molar-refractivity contribution in [3.63, 3.8) is 0 Å². The number of ether oxygens (including phenoxy) is 2. The Kier molecular flexibility index (Phi) is 7.60. The van der Waals surface area contributed by atoms with Gasteiger partial charge in [0.15, 0.2) is 11.5 Å². The summed E-state index contributed by atoms with van der Waals surface area (Å²) in [6.45, 7) is 8.35. The molecule has 0 atom stereocenters. The molecule has 33 heavy (non-hydrogen) atoms. The highest BCUT2D eigenvalue weighted by atomic mass is 32.2. The van der Waals surface area contributed by atoms with E-state index in [1.54, 1.807) is 30.3 Å². The lowest BCUT2D eigenvalue weighted by atomic mass is 10.1. The Hall–Kier alpha value is -3.52. The van der Waals surface area contributed by atoms with E-state index in [1.807, 2.05) is 45.9 Å². The standard InChI is InChI=1S/C25H28N2O5S/c1-5-31-22-15-10-19(16-23(22)32-6-2)25(28)26-20-11-13-21(14-12-20)33(29,30)27-24-17(3)8-7-9-18(24)4/h7-16,27H,5-6H2,1-4H3,(H,26,28). The predicted octanol–water partition coefficient (Wildman–Crippen LogP) is 5.15. The molecule has 174 valence electrons. The maximum Gasteiger partial charge on any atom is 0.261 e. The third-order valence-electron chi connectivity index (χ3n) is 4.95. The number of benzene rings is 3. The molecule has 1 amide bonds. The van der Waals surface area contributed by atoms with Crippen molar-refractivity contribution in [2.24, 2.45) is 0 Å². The minimum atomic E-state index is -3.77. The third kappa shape index (κ3) is 5.84. The SMILES string of the molecule is CCOc1ccc(C(=O)Nc2ccc(S(=O)(=O)Nc3c(C)cccc3C)cc2)cc1OCC. The van der Waals surface area contributed by atoms with Crippen molar-refractivity contribution in [2.75, 3.05) is 23.3 Å². The number of aryl methyl sites for hydroxylation is 2. The van der Waals surface area contributed by atoms with Crippen LogP contribution in [0, 0.1) is 13.8 Å². The lowest BCUT2D eigenvalue weighted by Gasteiger charge is -2.14. The smallest absolute Gasteiger partial charge is 0.261 e. The molecule has 7 nitrogen and oxygen atoms in total. The highest BCUT2D eigenvalue weighted by Gasteiger charge is 2.17. The van der Waals surface area contributed by atoms with E-state index in [0.717, 1.165) is 11.1 Å². The van der Waals surface area contributed by atoms with Crippen LogP contribution in [0.5, 0.6) is 11.5 Å². The van der Waals surface area contributed by atoms with E-state index in [2.05, 4.69) is 10.0 Å². The molecule has 0 aromatic heterocycles. The Morgan fingerprint density at radius 3 is 2.06 bits per heavy atom. The topological polar surface area (TPSA) is 93.7 Å². The molecule has 0 saturated carbocycles. The first-order chi connectivity index (χ1) is 15.7. The second-order valence-corrected chi connectivity index (χ2v) is 9.06. The fraction of sp³-hybridized carbons (Fsp3) is 0.240. The van der Waals surface area contributed by atoms with Gasteiger partial charge in [-0.1, -0.05) is 18.2 Å². The summed E-state index contributed by atoms with van der Waals surface area (Å²) in [6.07, 6.45) is 0. The summed E-state index contributed by atoms with van der Waals surface area (Å²) >= 11 is 0. The molecule has 0 heterocycles. The fourth-order valence-corrected chi connectivity index (χ4v) is 4.48. The van der Waals surface area contributed by atoms with E-state index in [1.165, 1.54) is 12.1 Å². The van der Waals surface area contributed by atoms with Crippen LogP contribution in [0.25, 0.3) is 0 Å². The fourth-order valence-electron chi connectivity index (χ4n) is 3.28. The highest BCUT2D eigenvalue weighted by molar-refractivity contribution is 7.92. The van der Waals surface area contributed by atoms with Gasteiger partial charge in [0.05, 0.1) is 23.8 Å². The summed E-state index contributed by atoms with van der Waals surface area (Å²) in [5.41, 5.74) is 3.11. The monoisotopic (exact) mass is 468 g/mol. The van der Waals surface area contributed by atoms with E-state index < -0.39 is 10.0 Å². The average molecular weight is 469 g/mol. The van der Waals surface area contributed by atoms with Crippen LogP contribution in [-0.2, 0) is 10.0 Å². The molecule has 0 spiro atoms. The minimum absolute atomic E-state index is 0.0999. The Morgan fingerprint density at radius 2 is 1.45 bits per heavy atom. The van der Waals surface area contributed by atoms with Gasteiger partial charge in [-0.3, -0.25) is 9.52 Å². The molecule has 3 rings (SSSR count). The van der Waals surface area contributed by atoms with Crippen LogP contribution >= 0.6 is 0 Å². The zero-order chi connectivity index (χ0) is 24.0. The van der Waals surface area contributed by atoms with Crippen molar-refractivity contribution in [1.29, 1.82) is 0 Å². The van der Waals surface area contributed by atoms with Gasteiger partial charge in [-0.15, -0.1) is 0 Å². The summed E-state index contributed by atoms with van der Waals surface area (Å²) in [6, 6.07) is 16.5. The van der Waals surface area contributed by atoms with Gasteiger partial charge in [-0.25, -0.2) is 8.42 Å². The number of para-hydroxylation sites is 1. The number of hydrogen-bond acceptors (Lipinski definition) is 5. The molecular formula is C25H28N2O5S. The van der Waals surface area contributed by atoms with Crippen molar-refractivity contribution in [1.82, 2.24) is 0 Å². The number of sulfonamides is 1. The molecule has 0 fully saturated rings. The molecule has 0 aliphatic heterocycles. The molecule has 3 aromatic rings. The Morgan fingerprint density at radius 1 is 0.848 bits per heavy atom. The Bertz CT molecular complexity index is 1220. The normalized spacial score (nSPS) is 11.0. The molecular weight excluding hydrogens is 440 g/mol. The number of anilines is 2. The largest absolute Gasteiger partial charge is 0.490 e. The number of amides is 1. The van der Waals surface area contributed by atoms with E-state index in [0.29, 0.717) is 41.7 Å². The van der Waals surface area contributed by atoms with Gasteiger partial charge in [0.2, 0.25) is 0 Å². The second-order valence-electron chi connectivity index (χ2n) is 7.38. The van der Waals surface area contributed by atoms with E-state index >= 15 is 0 Å². The lowest BCUT2D eigenvalue weighted by molar-refractivity contribution is 0.102. The number of carbonyl (C=O) groups is 1. The van der Waals surface area contributed by atoms with Crippen LogP contribution in [0.15, 0.2) is 65.6 Å². The van der Waals surface area contributed by atoms with Crippen molar-refractivity contribution in [2.45, 2.75) is 32.6 Å². The first-order valence-electron chi connectivity index (χ1n) is 10.6. The quantitative estimate of drug-likeness (QED) is 0.453. The van der Waals surface area contributed by atoms with Gasteiger partial charge in [-0.05, 0) is 81.3 Å². The van der Waals surface area contributed by atoms with Gasteiger partial charge < -0.3 is 14.8 Å². The second kappa shape index (κ2) is 10.4.